The van der Waals surface area contributed by atoms with Gasteiger partial charge in [0.1, 0.15) is 5.75 Å². The summed E-state index contributed by atoms with van der Waals surface area (Å²) < 4.78 is 33.7. The number of carboxylic acids is 1. The number of aromatic amines is 1. The van der Waals surface area contributed by atoms with Gasteiger partial charge in [-0.05, 0) is 67.1 Å². The number of piperidine rings is 1. The number of aromatic nitrogens is 1. The summed E-state index contributed by atoms with van der Waals surface area (Å²) >= 11 is 0. The van der Waals surface area contributed by atoms with Gasteiger partial charge in [0.05, 0.1) is 12.7 Å². The predicted molar refractivity (Wildman–Crippen MR) is 132 cm³/mol. The Morgan fingerprint density at radius 2 is 2.06 bits per heavy atom. The first-order chi connectivity index (χ1) is 16.6. The molecule has 2 heterocycles. The molecular formula is C27H31F2N3O3. The monoisotopic (exact) mass is 483 g/mol. The third-order valence-corrected chi connectivity index (χ3v) is 7.88. The summed E-state index contributed by atoms with van der Waals surface area (Å²) in [6.07, 6.45) is 3.10. The van der Waals surface area contributed by atoms with Gasteiger partial charge < -0.3 is 20.1 Å². The van der Waals surface area contributed by atoms with Gasteiger partial charge in [-0.3, -0.25) is 4.90 Å². The smallest absolute Gasteiger partial charge is 0.337 e. The zero-order valence-electron chi connectivity index (χ0n) is 20.3. The number of carbonyl (C=O) groups is 1. The lowest BCUT2D eigenvalue weighted by Gasteiger charge is -2.54. The molecule has 6 nitrogen and oxygen atoms in total. The van der Waals surface area contributed by atoms with E-state index in [-0.39, 0.29) is 29.9 Å². The molecule has 2 aliphatic rings. The maximum atomic E-state index is 14.0. The number of H-pyrrole nitrogens is 1. The molecule has 186 valence electrons. The highest BCUT2D eigenvalue weighted by atomic mass is 19.3. The second kappa shape index (κ2) is 8.52. The summed E-state index contributed by atoms with van der Waals surface area (Å²) in [6.45, 7) is 3.32. The van der Waals surface area contributed by atoms with Gasteiger partial charge >= 0.3 is 5.97 Å². The number of fused-ring (bicyclic) bond motifs is 1. The lowest BCUT2D eigenvalue weighted by molar-refractivity contribution is -0.186. The molecule has 1 aliphatic carbocycles. The Bertz CT molecular complexity index is 1280. The van der Waals surface area contributed by atoms with Crippen molar-refractivity contribution in [3.8, 4) is 5.75 Å². The van der Waals surface area contributed by atoms with E-state index in [1.165, 1.54) is 0 Å². The van der Waals surface area contributed by atoms with Gasteiger partial charge in [-0.25, -0.2) is 13.6 Å². The second-order valence-electron chi connectivity index (χ2n) is 10.2. The summed E-state index contributed by atoms with van der Waals surface area (Å²) in [6, 6.07) is 9.26. The highest BCUT2D eigenvalue weighted by Crippen LogP contribution is 2.60. The Morgan fingerprint density at radius 1 is 1.29 bits per heavy atom. The first-order valence-electron chi connectivity index (χ1n) is 12.0. The van der Waals surface area contributed by atoms with Crippen LogP contribution in [0.2, 0.25) is 0 Å². The van der Waals surface area contributed by atoms with Crippen molar-refractivity contribution >= 4 is 22.6 Å². The van der Waals surface area contributed by atoms with E-state index >= 15 is 0 Å². The molecule has 0 radical (unpaired) electrons. The third kappa shape index (κ3) is 4.14. The predicted octanol–water partition coefficient (Wildman–Crippen LogP) is 5.98. The largest absolute Gasteiger partial charge is 0.496 e. The average Bonchev–Trinajstić information content (AvgIpc) is 3.30. The van der Waals surface area contributed by atoms with E-state index in [4.69, 9.17) is 4.74 Å². The van der Waals surface area contributed by atoms with Crippen LogP contribution in [-0.2, 0) is 6.54 Å². The van der Waals surface area contributed by atoms with Crippen LogP contribution in [-0.4, -0.2) is 47.6 Å². The molecule has 2 aromatic carbocycles. The van der Waals surface area contributed by atoms with Gasteiger partial charge in [-0.15, -0.1) is 0 Å². The number of methoxy groups -OCH3 is 1. The van der Waals surface area contributed by atoms with Gasteiger partial charge in [0, 0.05) is 60.8 Å². The molecule has 2 fully saturated rings. The van der Waals surface area contributed by atoms with Gasteiger partial charge in [0.25, 0.3) is 0 Å². The van der Waals surface area contributed by atoms with E-state index in [1.807, 2.05) is 37.4 Å². The summed E-state index contributed by atoms with van der Waals surface area (Å²) in [5, 5.41) is 13.6. The molecule has 8 heteroatoms. The van der Waals surface area contributed by atoms with E-state index in [9.17, 15) is 18.7 Å². The molecule has 1 aliphatic heterocycles. The number of hydrogen-bond donors (Lipinski definition) is 3. The minimum atomic E-state index is -2.59. The number of aromatic carboxylic acids is 1. The highest BCUT2D eigenvalue weighted by Gasteiger charge is 2.58. The summed E-state index contributed by atoms with van der Waals surface area (Å²) in [7, 11) is 3.36. The van der Waals surface area contributed by atoms with E-state index < -0.39 is 11.9 Å². The SMILES string of the molecule is CNc1cc([C@@H]2CC3(CCN2Cc2c(OC)cc(C)c4[nH]ccc24)CC(F)(F)C3)ccc1C(=O)O. The topological polar surface area (TPSA) is 77.6 Å². The molecule has 1 spiro atoms. The number of ether oxygens (including phenoxy) is 1. The summed E-state index contributed by atoms with van der Waals surface area (Å²) in [4.78, 5) is 17.3. The van der Waals surface area contributed by atoms with Crippen LogP contribution in [0.3, 0.4) is 0 Å². The van der Waals surface area contributed by atoms with E-state index in [1.54, 1.807) is 20.2 Å². The van der Waals surface area contributed by atoms with Crippen LogP contribution in [0.4, 0.5) is 14.5 Å². The molecule has 1 saturated carbocycles. The fraction of sp³-hybridized carbons (Fsp3) is 0.444. The maximum Gasteiger partial charge on any atom is 0.337 e. The lowest BCUT2D eigenvalue weighted by atomic mass is 9.59. The van der Waals surface area contributed by atoms with Gasteiger partial charge in [-0.2, -0.15) is 0 Å². The number of likely N-dealkylation sites (tertiary alicyclic amines) is 1. The van der Waals surface area contributed by atoms with Crippen molar-refractivity contribution in [2.24, 2.45) is 5.41 Å². The van der Waals surface area contributed by atoms with Crippen molar-refractivity contribution in [2.75, 3.05) is 26.0 Å². The number of benzene rings is 2. The number of alkyl halides is 2. The van der Waals surface area contributed by atoms with Crippen molar-refractivity contribution in [3.05, 3.63) is 58.8 Å². The van der Waals surface area contributed by atoms with Crippen LogP contribution in [0, 0.1) is 12.3 Å². The number of carboxylic acid groups (broad SMARTS) is 1. The van der Waals surface area contributed by atoms with E-state index in [0.29, 0.717) is 25.2 Å². The Balaban J connectivity index is 1.54. The summed E-state index contributed by atoms with van der Waals surface area (Å²) in [5.74, 6) is -2.79. The van der Waals surface area contributed by atoms with Crippen molar-refractivity contribution < 1.29 is 23.4 Å². The molecule has 0 bridgehead atoms. The van der Waals surface area contributed by atoms with Crippen LogP contribution >= 0.6 is 0 Å². The Morgan fingerprint density at radius 3 is 2.71 bits per heavy atom. The van der Waals surface area contributed by atoms with Crippen LogP contribution in [0.1, 0.15) is 58.8 Å². The Kier molecular flexibility index (Phi) is 5.74. The maximum absolute atomic E-state index is 14.0. The van der Waals surface area contributed by atoms with Gasteiger partial charge in [0.15, 0.2) is 0 Å². The van der Waals surface area contributed by atoms with Gasteiger partial charge in [0.2, 0.25) is 5.92 Å². The third-order valence-electron chi connectivity index (χ3n) is 7.88. The van der Waals surface area contributed by atoms with E-state index in [2.05, 4.69) is 15.2 Å². The number of halogens is 2. The fourth-order valence-electron chi connectivity index (χ4n) is 6.21. The molecule has 1 saturated heterocycles. The zero-order chi connectivity index (χ0) is 25.0. The highest BCUT2D eigenvalue weighted by molar-refractivity contribution is 5.94. The average molecular weight is 484 g/mol. The number of nitrogens with one attached hydrogen (secondary N) is 2. The van der Waals surface area contributed by atoms with Crippen LogP contribution in [0.15, 0.2) is 36.5 Å². The minimum Gasteiger partial charge on any atom is -0.496 e. The fourth-order valence-corrected chi connectivity index (χ4v) is 6.21. The molecule has 0 amide bonds. The van der Waals surface area contributed by atoms with Crippen LogP contribution in [0.25, 0.3) is 10.9 Å². The zero-order valence-corrected chi connectivity index (χ0v) is 20.3. The first kappa shape index (κ1) is 23.6. The first-order valence-corrected chi connectivity index (χ1v) is 12.0. The van der Waals surface area contributed by atoms with Gasteiger partial charge in [-0.1, -0.05) is 6.07 Å². The number of nitrogens with zero attached hydrogens (tertiary/aromatic N) is 1. The van der Waals surface area contributed by atoms with Crippen molar-refractivity contribution in [3.63, 3.8) is 0 Å². The number of anilines is 1. The van der Waals surface area contributed by atoms with Crippen molar-refractivity contribution in [1.29, 1.82) is 0 Å². The second-order valence-corrected chi connectivity index (χ2v) is 10.2. The minimum absolute atomic E-state index is 0.0770. The summed E-state index contributed by atoms with van der Waals surface area (Å²) in [5.41, 5.74) is 4.49. The Hall–Kier alpha value is -3.13. The molecular weight excluding hydrogens is 452 g/mol. The number of aryl methyl sites for hydroxylation is 1. The lowest BCUT2D eigenvalue weighted by Crippen LogP contribution is -2.53. The molecule has 1 aromatic heterocycles. The van der Waals surface area contributed by atoms with Crippen LogP contribution in [0.5, 0.6) is 5.75 Å². The van der Waals surface area contributed by atoms with Crippen LogP contribution < -0.4 is 10.1 Å². The molecule has 35 heavy (non-hydrogen) atoms. The number of rotatable bonds is 6. The molecule has 5 rings (SSSR count). The quantitative estimate of drug-likeness (QED) is 0.402. The molecule has 3 aromatic rings. The van der Waals surface area contributed by atoms with E-state index in [0.717, 1.165) is 39.8 Å². The van der Waals surface area contributed by atoms with Crippen molar-refractivity contribution in [2.45, 2.75) is 51.1 Å². The number of hydrogen-bond acceptors (Lipinski definition) is 4. The molecule has 1 atom stereocenters. The Labute approximate surface area is 203 Å². The molecule has 3 N–H and O–H groups in total. The van der Waals surface area contributed by atoms with Crippen molar-refractivity contribution in [1.82, 2.24) is 9.88 Å². The normalized spacial score (nSPS) is 21.1. The molecule has 0 unspecified atom stereocenters. The standard InChI is InChI=1S/C27H31F2N3O3/c1-16-10-23(35-3)20(18-6-8-31-24(16)18)13-32-9-7-26(14-27(28,29)15-26)12-22(32)17-4-5-19(25(33)34)21(11-17)30-2/h4-6,8,10-11,22,30-31H,7,9,12-15H2,1-3H3,(H,33,34)/t22-/m0/s1.